The summed E-state index contributed by atoms with van der Waals surface area (Å²) in [6.45, 7) is 6.96. The van der Waals surface area contributed by atoms with Crippen LogP contribution in [0.5, 0.6) is 0 Å². The van der Waals surface area contributed by atoms with Crippen LogP contribution < -0.4 is 5.32 Å². The first-order chi connectivity index (χ1) is 8.65. The third kappa shape index (κ3) is 2.31. The van der Waals surface area contributed by atoms with E-state index in [-0.39, 0.29) is 0 Å². The molecule has 0 saturated heterocycles. The highest BCUT2D eigenvalue weighted by atomic mass is 35.5. The molecule has 0 unspecified atom stereocenters. The summed E-state index contributed by atoms with van der Waals surface area (Å²) in [4.78, 5) is 0. The zero-order chi connectivity index (χ0) is 13.1. The van der Waals surface area contributed by atoms with Crippen LogP contribution in [-0.2, 0) is 0 Å². The van der Waals surface area contributed by atoms with Gasteiger partial charge in [0.2, 0.25) is 0 Å². The Kier molecular flexibility index (Phi) is 3.82. The lowest BCUT2D eigenvalue weighted by Gasteiger charge is -2.12. The molecule has 0 atom stereocenters. The number of hydrogen-bond donors (Lipinski definition) is 1. The van der Waals surface area contributed by atoms with E-state index in [0.29, 0.717) is 5.02 Å². The number of rotatable bonds is 3. The smallest absolute Gasteiger partial charge is 0.151 e. The Morgan fingerprint density at radius 3 is 2.50 bits per heavy atom. The number of aromatic nitrogens is 2. The first-order valence-corrected chi connectivity index (χ1v) is 6.35. The van der Waals surface area contributed by atoms with Crippen molar-refractivity contribution < 1.29 is 0 Å². The number of nitrogens with one attached hydrogen (secondary N) is 1. The predicted molar refractivity (Wildman–Crippen MR) is 76.1 cm³/mol. The number of halogens is 1. The normalized spacial score (nSPS) is 10.4. The van der Waals surface area contributed by atoms with Gasteiger partial charge in [0.05, 0.1) is 10.7 Å². The SMILES string of the molecule is CCNc1nnc(-c2ccccc2Cl)c(C)c1C. The molecule has 0 spiro atoms. The lowest BCUT2D eigenvalue weighted by molar-refractivity contribution is 0.987. The molecule has 0 saturated carbocycles. The van der Waals surface area contributed by atoms with E-state index >= 15 is 0 Å². The maximum absolute atomic E-state index is 6.20. The van der Waals surface area contributed by atoms with Gasteiger partial charge in [-0.05, 0) is 38.0 Å². The zero-order valence-electron chi connectivity index (χ0n) is 10.8. The average molecular weight is 262 g/mol. The Labute approximate surface area is 112 Å². The average Bonchev–Trinajstić information content (AvgIpc) is 2.37. The molecule has 0 amide bonds. The molecule has 0 aliphatic rings. The van der Waals surface area contributed by atoms with Crippen molar-refractivity contribution in [1.82, 2.24) is 10.2 Å². The van der Waals surface area contributed by atoms with E-state index in [1.165, 1.54) is 0 Å². The Balaban J connectivity index is 2.54. The molecule has 3 nitrogen and oxygen atoms in total. The Bertz CT molecular complexity index is 567. The summed E-state index contributed by atoms with van der Waals surface area (Å²) in [5.74, 6) is 0.839. The number of benzene rings is 1. The van der Waals surface area contributed by atoms with Gasteiger partial charge in [-0.3, -0.25) is 0 Å². The second-order valence-corrected chi connectivity index (χ2v) is 4.56. The molecule has 1 heterocycles. The minimum atomic E-state index is 0.700. The molecule has 1 aromatic carbocycles. The summed E-state index contributed by atoms with van der Waals surface area (Å²) < 4.78 is 0. The minimum absolute atomic E-state index is 0.700. The van der Waals surface area contributed by atoms with Crippen molar-refractivity contribution in [3.05, 3.63) is 40.4 Å². The van der Waals surface area contributed by atoms with Crippen LogP contribution in [0.15, 0.2) is 24.3 Å². The lowest BCUT2D eigenvalue weighted by atomic mass is 10.0. The summed E-state index contributed by atoms with van der Waals surface area (Å²) in [5, 5.41) is 12.4. The van der Waals surface area contributed by atoms with Crippen molar-refractivity contribution in [3.63, 3.8) is 0 Å². The van der Waals surface area contributed by atoms with Gasteiger partial charge in [-0.1, -0.05) is 29.8 Å². The van der Waals surface area contributed by atoms with E-state index in [1.807, 2.05) is 45.0 Å². The van der Waals surface area contributed by atoms with E-state index in [4.69, 9.17) is 11.6 Å². The maximum atomic E-state index is 6.20. The predicted octanol–water partition coefficient (Wildman–Crippen LogP) is 3.85. The van der Waals surface area contributed by atoms with Gasteiger partial charge in [-0.15, -0.1) is 10.2 Å². The van der Waals surface area contributed by atoms with Crippen molar-refractivity contribution in [2.45, 2.75) is 20.8 Å². The molecule has 2 aromatic rings. The van der Waals surface area contributed by atoms with Gasteiger partial charge in [0.1, 0.15) is 0 Å². The molecule has 4 heteroatoms. The Hall–Kier alpha value is -1.61. The van der Waals surface area contributed by atoms with Crippen molar-refractivity contribution in [1.29, 1.82) is 0 Å². The van der Waals surface area contributed by atoms with Crippen LogP contribution in [0.1, 0.15) is 18.1 Å². The van der Waals surface area contributed by atoms with Gasteiger partial charge in [-0.25, -0.2) is 0 Å². The topological polar surface area (TPSA) is 37.8 Å². The Morgan fingerprint density at radius 2 is 1.83 bits per heavy atom. The molecule has 0 aliphatic carbocycles. The van der Waals surface area contributed by atoms with Crippen LogP contribution in [-0.4, -0.2) is 16.7 Å². The molecule has 1 aromatic heterocycles. The molecular formula is C14H16ClN3. The summed E-state index contributed by atoms with van der Waals surface area (Å²) in [7, 11) is 0. The molecular weight excluding hydrogens is 246 g/mol. The summed E-state index contributed by atoms with van der Waals surface area (Å²) in [6, 6.07) is 7.70. The summed E-state index contributed by atoms with van der Waals surface area (Å²) >= 11 is 6.20. The molecule has 94 valence electrons. The molecule has 0 bridgehead atoms. The lowest BCUT2D eigenvalue weighted by Crippen LogP contribution is -2.06. The van der Waals surface area contributed by atoms with Crippen molar-refractivity contribution in [2.75, 3.05) is 11.9 Å². The van der Waals surface area contributed by atoms with Gasteiger partial charge in [0.25, 0.3) is 0 Å². The number of hydrogen-bond acceptors (Lipinski definition) is 3. The second-order valence-electron chi connectivity index (χ2n) is 4.16. The maximum Gasteiger partial charge on any atom is 0.151 e. The quantitative estimate of drug-likeness (QED) is 0.912. The van der Waals surface area contributed by atoms with Crippen LogP contribution in [0, 0.1) is 13.8 Å². The largest absolute Gasteiger partial charge is 0.369 e. The van der Waals surface area contributed by atoms with E-state index in [9.17, 15) is 0 Å². The highest BCUT2D eigenvalue weighted by Crippen LogP contribution is 2.30. The fourth-order valence-electron chi connectivity index (χ4n) is 1.85. The van der Waals surface area contributed by atoms with Crippen LogP contribution in [0.4, 0.5) is 5.82 Å². The standard InChI is InChI=1S/C14H16ClN3/c1-4-16-14-10(3)9(2)13(17-18-14)11-7-5-6-8-12(11)15/h5-8H,4H2,1-3H3,(H,16,18). The van der Waals surface area contributed by atoms with Crippen molar-refractivity contribution in [3.8, 4) is 11.3 Å². The molecule has 1 N–H and O–H groups in total. The third-order valence-electron chi connectivity index (χ3n) is 3.00. The van der Waals surface area contributed by atoms with E-state index in [1.54, 1.807) is 0 Å². The molecule has 0 radical (unpaired) electrons. The van der Waals surface area contributed by atoms with Crippen LogP contribution in [0.2, 0.25) is 5.02 Å². The zero-order valence-corrected chi connectivity index (χ0v) is 11.5. The highest BCUT2D eigenvalue weighted by Gasteiger charge is 2.12. The number of anilines is 1. The fourth-order valence-corrected chi connectivity index (χ4v) is 2.07. The first kappa shape index (κ1) is 12.8. The van der Waals surface area contributed by atoms with Crippen molar-refractivity contribution in [2.24, 2.45) is 0 Å². The van der Waals surface area contributed by atoms with Crippen molar-refractivity contribution >= 4 is 17.4 Å². The summed E-state index contributed by atoms with van der Waals surface area (Å²) in [6.07, 6.45) is 0. The van der Waals surface area contributed by atoms with Crippen LogP contribution in [0.25, 0.3) is 11.3 Å². The van der Waals surface area contributed by atoms with Gasteiger partial charge in [0, 0.05) is 12.1 Å². The molecule has 18 heavy (non-hydrogen) atoms. The molecule has 0 fully saturated rings. The van der Waals surface area contributed by atoms with Crippen LogP contribution >= 0.6 is 11.6 Å². The number of nitrogens with zero attached hydrogens (tertiary/aromatic N) is 2. The van der Waals surface area contributed by atoms with Gasteiger partial charge in [-0.2, -0.15) is 0 Å². The fraction of sp³-hybridized carbons (Fsp3) is 0.286. The highest BCUT2D eigenvalue weighted by molar-refractivity contribution is 6.33. The van der Waals surface area contributed by atoms with E-state index < -0.39 is 0 Å². The summed E-state index contributed by atoms with van der Waals surface area (Å²) in [5.41, 5.74) is 3.99. The Morgan fingerprint density at radius 1 is 1.11 bits per heavy atom. The van der Waals surface area contributed by atoms with Gasteiger partial charge >= 0.3 is 0 Å². The van der Waals surface area contributed by atoms with Crippen LogP contribution in [0.3, 0.4) is 0 Å². The first-order valence-electron chi connectivity index (χ1n) is 5.97. The van der Waals surface area contributed by atoms with Gasteiger partial charge < -0.3 is 5.32 Å². The molecule has 2 rings (SSSR count). The third-order valence-corrected chi connectivity index (χ3v) is 3.33. The van der Waals surface area contributed by atoms with Gasteiger partial charge in [0.15, 0.2) is 5.82 Å². The second kappa shape index (κ2) is 5.36. The molecule has 0 aliphatic heterocycles. The minimum Gasteiger partial charge on any atom is -0.369 e. The monoisotopic (exact) mass is 261 g/mol. The van der Waals surface area contributed by atoms with E-state index in [0.717, 1.165) is 34.7 Å². The van der Waals surface area contributed by atoms with E-state index in [2.05, 4.69) is 15.5 Å².